The fourth-order valence-electron chi connectivity index (χ4n) is 5.56. The number of likely N-dealkylation sites (tertiary alicyclic amines) is 1. The molecule has 0 atom stereocenters. The third-order valence-electron chi connectivity index (χ3n) is 7.63. The lowest BCUT2D eigenvalue weighted by molar-refractivity contribution is 0.135. The molecule has 1 aromatic carbocycles. The van der Waals surface area contributed by atoms with Gasteiger partial charge in [0, 0.05) is 37.4 Å². The number of nitriles is 1. The van der Waals surface area contributed by atoms with Crippen LogP contribution in [0, 0.1) is 16.7 Å². The van der Waals surface area contributed by atoms with E-state index < -0.39 is 0 Å². The number of nitrogens with two attached hydrogens (primary N) is 1. The molecule has 4 aliphatic rings. The van der Waals surface area contributed by atoms with Gasteiger partial charge in [0.1, 0.15) is 23.3 Å². The molecule has 2 bridgehead atoms. The zero-order valence-electron chi connectivity index (χ0n) is 20.5. The zero-order valence-corrected chi connectivity index (χ0v) is 22.1. The van der Waals surface area contributed by atoms with Crippen LogP contribution in [-0.2, 0) is 12.8 Å². The van der Waals surface area contributed by atoms with E-state index >= 15 is 0 Å². The lowest BCUT2D eigenvalue weighted by Gasteiger charge is -2.40. The van der Waals surface area contributed by atoms with E-state index in [0.717, 1.165) is 71.6 Å². The van der Waals surface area contributed by atoms with Crippen LogP contribution in [-0.4, -0.2) is 47.0 Å². The number of halogens is 1. The molecule has 1 aromatic heterocycles. The SMILES string of the molecule is CN1C2=NC(N3CCC4(CC3)Cc3ccc(C#N)cc3C4)=CC=NC1=C(Sc1ccnc(N)c1Cl)C=C2. The summed E-state index contributed by atoms with van der Waals surface area (Å²) in [5, 5.41) is 9.72. The Morgan fingerprint density at radius 1 is 1.14 bits per heavy atom. The summed E-state index contributed by atoms with van der Waals surface area (Å²) in [5.41, 5.74) is 9.69. The molecule has 1 aliphatic carbocycles. The number of piperidine rings is 1. The van der Waals surface area contributed by atoms with E-state index in [9.17, 15) is 5.26 Å². The molecule has 186 valence electrons. The molecule has 0 saturated carbocycles. The van der Waals surface area contributed by atoms with E-state index in [1.165, 1.54) is 22.9 Å². The van der Waals surface area contributed by atoms with Gasteiger partial charge >= 0.3 is 0 Å². The van der Waals surface area contributed by atoms with Gasteiger partial charge in [0.15, 0.2) is 0 Å². The number of amidine groups is 1. The highest BCUT2D eigenvalue weighted by Gasteiger charge is 2.40. The van der Waals surface area contributed by atoms with Gasteiger partial charge in [-0.25, -0.2) is 15.0 Å². The lowest BCUT2D eigenvalue weighted by Crippen LogP contribution is -2.40. The minimum Gasteiger partial charge on any atom is -0.382 e. The summed E-state index contributed by atoms with van der Waals surface area (Å²) >= 11 is 7.88. The van der Waals surface area contributed by atoms with Crippen molar-refractivity contribution in [3.63, 3.8) is 0 Å². The number of anilines is 1. The first-order chi connectivity index (χ1) is 17.9. The molecule has 0 radical (unpaired) electrons. The van der Waals surface area contributed by atoms with Crippen molar-refractivity contribution in [1.29, 1.82) is 5.26 Å². The second-order valence-corrected chi connectivity index (χ2v) is 11.4. The molecule has 9 heteroatoms. The van der Waals surface area contributed by atoms with Crippen LogP contribution in [0.5, 0.6) is 0 Å². The Bertz CT molecular complexity index is 1470. The van der Waals surface area contributed by atoms with Crippen LogP contribution >= 0.6 is 23.4 Å². The van der Waals surface area contributed by atoms with E-state index in [1.807, 2.05) is 48.5 Å². The van der Waals surface area contributed by atoms with Crippen LogP contribution in [0.4, 0.5) is 5.82 Å². The minimum absolute atomic E-state index is 0.289. The largest absolute Gasteiger partial charge is 0.382 e. The lowest BCUT2D eigenvalue weighted by atomic mass is 9.76. The maximum Gasteiger partial charge on any atom is 0.147 e. The molecule has 1 spiro atoms. The quantitative estimate of drug-likeness (QED) is 0.592. The highest BCUT2D eigenvalue weighted by Crippen LogP contribution is 2.45. The zero-order chi connectivity index (χ0) is 25.6. The molecule has 37 heavy (non-hydrogen) atoms. The van der Waals surface area contributed by atoms with Gasteiger partial charge in [-0.15, -0.1) is 0 Å². The van der Waals surface area contributed by atoms with Crippen LogP contribution in [0.2, 0.25) is 5.02 Å². The number of likely N-dealkylation sites (N-methyl/N-ethyl adjacent to an activating group) is 1. The third-order valence-corrected chi connectivity index (χ3v) is 9.24. The number of allylic oxidation sites excluding steroid dienone is 2. The van der Waals surface area contributed by atoms with Crippen molar-refractivity contribution >= 4 is 41.2 Å². The fraction of sp³-hybridized carbons (Fsp3) is 0.286. The molecule has 3 aliphatic heterocycles. The number of hydrogen-bond acceptors (Lipinski definition) is 8. The molecule has 2 N–H and O–H groups in total. The minimum atomic E-state index is 0.289. The first-order valence-corrected chi connectivity index (χ1v) is 13.5. The van der Waals surface area contributed by atoms with Crippen LogP contribution < -0.4 is 5.73 Å². The Hall–Kier alpha value is -3.54. The highest BCUT2D eigenvalue weighted by molar-refractivity contribution is 8.03. The number of rotatable bonds is 3. The van der Waals surface area contributed by atoms with Crippen molar-refractivity contribution in [2.45, 2.75) is 30.6 Å². The second-order valence-electron chi connectivity index (χ2n) is 9.90. The Labute approximate surface area is 225 Å². The van der Waals surface area contributed by atoms with E-state index in [2.05, 4.69) is 28.1 Å². The molecule has 0 unspecified atom stereocenters. The number of thioether (sulfide) groups is 1. The third kappa shape index (κ3) is 4.43. The van der Waals surface area contributed by atoms with Gasteiger partial charge in [0.25, 0.3) is 0 Å². The fourth-order valence-corrected chi connectivity index (χ4v) is 6.77. The number of aliphatic imine (C=N–C) groups is 2. The van der Waals surface area contributed by atoms with Gasteiger partial charge < -0.3 is 15.5 Å². The van der Waals surface area contributed by atoms with Gasteiger partial charge in [-0.05, 0) is 78.7 Å². The van der Waals surface area contributed by atoms with Gasteiger partial charge in [-0.1, -0.05) is 29.4 Å². The summed E-state index contributed by atoms with van der Waals surface area (Å²) in [4.78, 5) is 20.0. The Morgan fingerprint density at radius 2 is 1.95 bits per heavy atom. The van der Waals surface area contributed by atoms with Crippen molar-refractivity contribution in [2.75, 3.05) is 25.9 Å². The molecular formula is C28H26ClN7S. The van der Waals surface area contributed by atoms with Crippen molar-refractivity contribution in [1.82, 2.24) is 14.8 Å². The number of fused-ring (bicyclic) bond motifs is 3. The van der Waals surface area contributed by atoms with Crippen LogP contribution in [0.25, 0.3) is 0 Å². The summed E-state index contributed by atoms with van der Waals surface area (Å²) in [7, 11) is 1.98. The number of aromatic nitrogens is 1. The maximum absolute atomic E-state index is 9.27. The smallest absolute Gasteiger partial charge is 0.147 e. The van der Waals surface area contributed by atoms with E-state index in [0.29, 0.717) is 10.8 Å². The molecule has 4 heterocycles. The summed E-state index contributed by atoms with van der Waals surface area (Å²) in [5.74, 6) is 2.91. The predicted molar refractivity (Wildman–Crippen MR) is 149 cm³/mol. The molecule has 6 rings (SSSR count). The number of nitrogens with zero attached hydrogens (tertiary/aromatic N) is 6. The maximum atomic E-state index is 9.27. The number of benzene rings is 1. The molecule has 7 nitrogen and oxygen atoms in total. The molecule has 2 aromatic rings. The first kappa shape index (κ1) is 23.8. The molecule has 0 amide bonds. The van der Waals surface area contributed by atoms with Crippen molar-refractivity contribution in [3.8, 4) is 6.07 Å². The van der Waals surface area contributed by atoms with E-state index in [1.54, 1.807) is 6.20 Å². The first-order valence-electron chi connectivity index (χ1n) is 12.3. The Balaban J connectivity index is 1.19. The molecular weight excluding hydrogens is 502 g/mol. The Kier molecular flexibility index (Phi) is 6.06. The molecule has 1 fully saturated rings. The average Bonchev–Trinajstić information content (AvgIpc) is 3.25. The van der Waals surface area contributed by atoms with E-state index in [4.69, 9.17) is 27.3 Å². The van der Waals surface area contributed by atoms with Crippen LogP contribution in [0.15, 0.2) is 80.1 Å². The van der Waals surface area contributed by atoms with Gasteiger partial charge in [0.2, 0.25) is 0 Å². The molecule has 1 saturated heterocycles. The second kappa shape index (κ2) is 9.40. The normalized spacial score (nSPS) is 19.8. The number of pyridine rings is 1. The Morgan fingerprint density at radius 3 is 2.76 bits per heavy atom. The average molecular weight is 528 g/mol. The van der Waals surface area contributed by atoms with Gasteiger partial charge in [-0.3, -0.25) is 0 Å². The summed E-state index contributed by atoms with van der Waals surface area (Å²) in [6, 6.07) is 10.3. The number of nitrogen functional groups attached to an aromatic ring is 1. The van der Waals surface area contributed by atoms with Crippen LogP contribution in [0.3, 0.4) is 0 Å². The van der Waals surface area contributed by atoms with Gasteiger partial charge in [-0.2, -0.15) is 5.26 Å². The predicted octanol–water partition coefficient (Wildman–Crippen LogP) is 5.16. The van der Waals surface area contributed by atoms with Crippen LogP contribution in [0.1, 0.15) is 29.5 Å². The summed E-state index contributed by atoms with van der Waals surface area (Å²) in [6.45, 7) is 1.91. The van der Waals surface area contributed by atoms with Gasteiger partial charge in [0.05, 0.1) is 21.6 Å². The number of hydrogen-bond donors (Lipinski definition) is 1. The highest BCUT2D eigenvalue weighted by atomic mass is 35.5. The summed E-state index contributed by atoms with van der Waals surface area (Å²) in [6.07, 6.45) is 13.9. The van der Waals surface area contributed by atoms with E-state index in [-0.39, 0.29) is 5.41 Å². The summed E-state index contributed by atoms with van der Waals surface area (Å²) < 4.78 is 0. The monoisotopic (exact) mass is 527 g/mol. The standard InChI is InChI=1S/C28H26ClN7S/c1-35-23-5-4-22(37-21-6-10-32-26(31)25(21)29)27(35)33-11-7-24(34-23)36-12-8-28(9-13-36)15-19-3-2-18(17-30)14-20(19)16-28/h2-7,10-11,14H,8-9,12-13,15-16H2,1H3,(H2,31,32). The topological polar surface area (TPSA) is 93.9 Å². The van der Waals surface area contributed by atoms with Crippen molar-refractivity contribution < 1.29 is 0 Å². The van der Waals surface area contributed by atoms with Crippen molar-refractivity contribution in [2.24, 2.45) is 15.4 Å². The van der Waals surface area contributed by atoms with Crippen molar-refractivity contribution in [3.05, 3.63) is 87.0 Å².